The summed E-state index contributed by atoms with van der Waals surface area (Å²) in [5.74, 6) is -0.296. The van der Waals surface area contributed by atoms with Crippen LogP contribution in [0.1, 0.15) is 48.2 Å². The summed E-state index contributed by atoms with van der Waals surface area (Å²) >= 11 is 0. The van der Waals surface area contributed by atoms with Crippen LogP contribution in [0.3, 0.4) is 0 Å². The first-order chi connectivity index (χ1) is 13.1. The number of benzene rings is 1. The zero-order valence-corrected chi connectivity index (χ0v) is 18.1. The van der Waals surface area contributed by atoms with Crippen LogP contribution in [0.25, 0.3) is 5.69 Å². The van der Waals surface area contributed by atoms with Crippen LogP contribution < -0.4 is 0 Å². The molecule has 28 heavy (non-hydrogen) atoms. The maximum Gasteiger partial charge on any atom is 0.244 e. The Kier molecular flexibility index (Phi) is 5.40. The van der Waals surface area contributed by atoms with Gasteiger partial charge in [0.2, 0.25) is 5.91 Å². The lowest BCUT2D eigenvalue weighted by Gasteiger charge is -2.31. The molecule has 1 heterocycles. The highest BCUT2D eigenvalue weighted by atomic mass is 32.2. The van der Waals surface area contributed by atoms with Crippen LogP contribution in [0, 0.1) is 20.8 Å². The third-order valence-electron chi connectivity index (χ3n) is 6.04. The highest BCUT2D eigenvalue weighted by molar-refractivity contribution is 7.92. The third-order valence-corrected chi connectivity index (χ3v) is 8.04. The molecule has 1 aliphatic carbocycles. The Labute approximate surface area is 167 Å². The van der Waals surface area contributed by atoms with Gasteiger partial charge in [-0.1, -0.05) is 31.0 Å². The Morgan fingerprint density at radius 3 is 2.36 bits per heavy atom. The predicted octanol–water partition coefficient (Wildman–Crippen LogP) is 3.11. The smallest absolute Gasteiger partial charge is 0.244 e. The van der Waals surface area contributed by atoms with E-state index in [2.05, 4.69) is 5.10 Å². The lowest BCUT2D eigenvalue weighted by molar-refractivity contribution is -0.133. The van der Waals surface area contributed by atoms with Crippen LogP contribution in [0.2, 0.25) is 0 Å². The van der Waals surface area contributed by atoms with Gasteiger partial charge in [0.25, 0.3) is 0 Å². The maximum atomic E-state index is 13.2. The molecule has 1 aromatic heterocycles. The standard InChI is InChI=1S/C21H29N3O3S/c1-15-10-6-7-11-19(15)24-17(3)18(16(2)22-24)14-23(4)20(25)21(28(5,26)27)12-8-9-13-21/h6-7,10-11H,8-9,12-14H2,1-5H3. The Morgan fingerprint density at radius 2 is 1.79 bits per heavy atom. The highest BCUT2D eigenvalue weighted by Crippen LogP contribution is 2.38. The van der Waals surface area contributed by atoms with E-state index in [-0.39, 0.29) is 5.91 Å². The minimum Gasteiger partial charge on any atom is -0.340 e. The van der Waals surface area contributed by atoms with E-state index in [1.54, 1.807) is 11.9 Å². The highest BCUT2D eigenvalue weighted by Gasteiger charge is 2.51. The Morgan fingerprint density at radius 1 is 1.18 bits per heavy atom. The fraction of sp³-hybridized carbons (Fsp3) is 0.524. The molecule has 0 N–H and O–H groups in total. The van der Waals surface area contributed by atoms with E-state index in [1.165, 1.54) is 6.26 Å². The number of carbonyl (C=O) groups excluding carboxylic acids is 1. The summed E-state index contributed by atoms with van der Waals surface area (Å²) in [6.07, 6.45) is 3.56. The first kappa shape index (κ1) is 20.6. The van der Waals surface area contributed by atoms with E-state index in [0.29, 0.717) is 19.4 Å². The summed E-state index contributed by atoms with van der Waals surface area (Å²) in [5, 5.41) is 4.68. The number of rotatable bonds is 5. The lowest BCUT2D eigenvalue weighted by atomic mass is 10.0. The van der Waals surface area contributed by atoms with Gasteiger partial charge in [-0.25, -0.2) is 13.1 Å². The number of para-hydroxylation sites is 1. The summed E-state index contributed by atoms with van der Waals surface area (Å²) in [5.41, 5.74) is 4.89. The molecule has 7 heteroatoms. The quantitative estimate of drug-likeness (QED) is 0.769. The third kappa shape index (κ3) is 3.36. The molecular formula is C21H29N3O3S. The maximum absolute atomic E-state index is 13.2. The fourth-order valence-electron chi connectivity index (χ4n) is 4.29. The second kappa shape index (κ2) is 7.35. The summed E-state index contributed by atoms with van der Waals surface area (Å²) in [4.78, 5) is 14.8. The molecule has 0 radical (unpaired) electrons. The molecule has 0 atom stereocenters. The molecule has 1 amide bonds. The second-order valence-electron chi connectivity index (χ2n) is 7.98. The van der Waals surface area contributed by atoms with Gasteiger partial charge in [-0.15, -0.1) is 0 Å². The van der Waals surface area contributed by atoms with Gasteiger partial charge in [0, 0.05) is 31.1 Å². The van der Waals surface area contributed by atoms with E-state index in [4.69, 9.17) is 0 Å². The van der Waals surface area contributed by atoms with Crippen molar-refractivity contribution in [2.24, 2.45) is 0 Å². The topological polar surface area (TPSA) is 72.3 Å². The molecule has 0 unspecified atom stereocenters. The first-order valence-corrected chi connectivity index (χ1v) is 11.5. The summed E-state index contributed by atoms with van der Waals surface area (Å²) in [6.45, 7) is 6.30. The molecule has 0 saturated heterocycles. The van der Waals surface area contributed by atoms with Gasteiger partial charge in [0.15, 0.2) is 14.6 Å². The van der Waals surface area contributed by atoms with Crippen molar-refractivity contribution in [3.05, 3.63) is 46.8 Å². The summed E-state index contributed by atoms with van der Waals surface area (Å²) in [7, 11) is -1.78. The number of hydrogen-bond donors (Lipinski definition) is 0. The van der Waals surface area contributed by atoms with Crippen LogP contribution in [-0.4, -0.2) is 47.1 Å². The first-order valence-electron chi connectivity index (χ1n) is 9.65. The molecule has 0 bridgehead atoms. The van der Waals surface area contributed by atoms with Gasteiger partial charge in [-0.3, -0.25) is 4.79 Å². The van der Waals surface area contributed by atoms with E-state index >= 15 is 0 Å². The van der Waals surface area contributed by atoms with Crippen LogP contribution in [0.15, 0.2) is 24.3 Å². The van der Waals surface area contributed by atoms with E-state index in [9.17, 15) is 13.2 Å². The van der Waals surface area contributed by atoms with Crippen molar-refractivity contribution in [2.45, 2.75) is 57.7 Å². The average molecular weight is 404 g/mol. The van der Waals surface area contributed by atoms with E-state index in [0.717, 1.165) is 41.0 Å². The largest absolute Gasteiger partial charge is 0.340 e. The SMILES string of the molecule is Cc1ccccc1-n1nc(C)c(CN(C)C(=O)C2(S(C)(=O)=O)CCCC2)c1C. The molecule has 6 nitrogen and oxygen atoms in total. The zero-order valence-electron chi connectivity index (χ0n) is 17.3. The van der Waals surface area contributed by atoms with Crippen LogP contribution in [-0.2, 0) is 21.2 Å². The van der Waals surface area contributed by atoms with E-state index in [1.807, 2.05) is 49.7 Å². The van der Waals surface area contributed by atoms with Crippen molar-refractivity contribution in [3.8, 4) is 5.69 Å². The number of carbonyl (C=O) groups is 1. The van der Waals surface area contributed by atoms with Gasteiger partial charge in [-0.05, 0) is 45.2 Å². The van der Waals surface area contributed by atoms with Gasteiger partial charge in [0.05, 0.1) is 11.4 Å². The van der Waals surface area contributed by atoms with Gasteiger partial charge in [-0.2, -0.15) is 5.10 Å². The van der Waals surface area contributed by atoms with E-state index < -0.39 is 14.6 Å². The van der Waals surface area contributed by atoms with Gasteiger partial charge < -0.3 is 4.90 Å². The van der Waals surface area contributed by atoms with Crippen LogP contribution in [0.4, 0.5) is 0 Å². The van der Waals surface area contributed by atoms with Crippen molar-refractivity contribution in [1.82, 2.24) is 14.7 Å². The second-order valence-corrected chi connectivity index (χ2v) is 10.3. The molecule has 2 aromatic rings. The van der Waals surface area contributed by atoms with Crippen molar-refractivity contribution >= 4 is 15.7 Å². The molecule has 3 rings (SSSR count). The fourth-order valence-corrected chi connectivity index (χ4v) is 5.79. The van der Waals surface area contributed by atoms with Crippen molar-refractivity contribution < 1.29 is 13.2 Å². The average Bonchev–Trinajstić information content (AvgIpc) is 3.23. The molecular weight excluding hydrogens is 374 g/mol. The van der Waals surface area contributed by atoms with Crippen LogP contribution >= 0.6 is 0 Å². The molecule has 1 saturated carbocycles. The monoisotopic (exact) mass is 403 g/mol. The number of nitrogens with zero attached hydrogens (tertiary/aromatic N) is 3. The van der Waals surface area contributed by atoms with Crippen molar-refractivity contribution in [1.29, 1.82) is 0 Å². The minimum absolute atomic E-state index is 0.296. The zero-order chi connectivity index (χ0) is 20.7. The number of amides is 1. The number of aryl methyl sites for hydroxylation is 2. The number of hydrogen-bond acceptors (Lipinski definition) is 4. The molecule has 0 spiro atoms. The lowest BCUT2D eigenvalue weighted by Crippen LogP contribution is -2.50. The number of aromatic nitrogens is 2. The Bertz CT molecular complexity index is 1000. The number of sulfone groups is 1. The van der Waals surface area contributed by atoms with Gasteiger partial charge in [0.1, 0.15) is 0 Å². The predicted molar refractivity (Wildman–Crippen MR) is 110 cm³/mol. The van der Waals surface area contributed by atoms with Crippen molar-refractivity contribution in [2.75, 3.05) is 13.3 Å². The molecule has 1 aliphatic rings. The summed E-state index contributed by atoms with van der Waals surface area (Å²) < 4.78 is 25.5. The molecule has 0 aliphatic heterocycles. The molecule has 1 fully saturated rings. The van der Waals surface area contributed by atoms with Crippen molar-refractivity contribution in [3.63, 3.8) is 0 Å². The normalized spacial score (nSPS) is 16.3. The van der Waals surface area contributed by atoms with Gasteiger partial charge >= 0.3 is 0 Å². The Balaban J connectivity index is 1.92. The molecule has 152 valence electrons. The molecule has 1 aromatic carbocycles. The summed E-state index contributed by atoms with van der Waals surface area (Å²) in [6, 6.07) is 8.02. The van der Waals surface area contributed by atoms with Crippen LogP contribution in [0.5, 0.6) is 0 Å². The Hall–Kier alpha value is -2.15. The minimum atomic E-state index is -3.48.